The molecule has 4 fully saturated rings. The number of amidine groups is 2. The maximum atomic E-state index is 12.6. The van der Waals surface area contributed by atoms with E-state index in [1.165, 1.54) is 0 Å². The lowest BCUT2D eigenvalue weighted by Crippen LogP contribution is -2.56. The molecule has 11 rings (SSSR count). The smallest absolute Gasteiger partial charge is 0.481 e. The lowest BCUT2D eigenvalue weighted by atomic mass is 9.98. The summed E-state index contributed by atoms with van der Waals surface area (Å²) in [5, 5.41) is 108. The second-order valence-electron chi connectivity index (χ2n) is 35.8. The number of esters is 1. The number of carbonyl (C=O) groups excluding carboxylic acids is 2. The third kappa shape index (κ3) is 29.5. The molecule has 125 heavy (non-hydrogen) atoms. The van der Waals surface area contributed by atoms with Crippen molar-refractivity contribution in [3.63, 3.8) is 0 Å². The van der Waals surface area contributed by atoms with Crippen LogP contribution in [0.3, 0.4) is 0 Å². The lowest BCUT2D eigenvalue weighted by molar-refractivity contribution is -0.144. The van der Waals surface area contributed by atoms with Crippen molar-refractivity contribution >= 4 is 94.4 Å². The molecule has 694 valence electrons. The van der Waals surface area contributed by atoms with Crippen molar-refractivity contribution in [3.05, 3.63) is 133 Å². The van der Waals surface area contributed by atoms with Crippen LogP contribution in [0, 0.1) is 23.7 Å². The normalized spacial score (nSPS) is 29.0. The number of benzene rings is 2. The molecular formula is C88H138N14O19P4. The molecule has 0 saturated carbocycles. The molecule has 37 heteroatoms. The fourth-order valence-corrected chi connectivity index (χ4v) is 18.9. The molecular weight excluding hydrogens is 1680 g/mol. The summed E-state index contributed by atoms with van der Waals surface area (Å²) in [5.74, 6) is 5.36. The number of fused-ring (bicyclic) bond motifs is 3. The van der Waals surface area contributed by atoms with Crippen molar-refractivity contribution in [2.45, 2.75) is 208 Å². The molecule has 0 aromatic heterocycles. The van der Waals surface area contributed by atoms with Gasteiger partial charge in [0, 0.05) is 62.4 Å². The summed E-state index contributed by atoms with van der Waals surface area (Å²) in [4.78, 5) is 59.9. The van der Waals surface area contributed by atoms with Crippen LogP contribution in [0.1, 0.15) is 108 Å². The van der Waals surface area contributed by atoms with Gasteiger partial charge in [-0.3, -0.25) is 29.4 Å². The molecule has 20 atom stereocenters. The summed E-state index contributed by atoms with van der Waals surface area (Å²) in [6.45, 7) is 25.7. The van der Waals surface area contributed by atoms with E-state index in [4.69, 9.17) is 61.6 Å². The summed E-state index contributed by atoms with van der Waals surface area (Å²) in [6.07, 6.45) is 22.0. The molecule has 9 aliphatic rings. The van der Waals surface area contributed by atoms with Crippen molar-refractivity contribution in [3.8, 4) is 23.0 Å². The van der Waals surface area contributed by atoms with Crippen molar-refractivity contribution in [1.82, 2.24) is 30.2 Å². The Balaban J connectivity index is 0.000000216. The number of aliphatic hydroxyl groups excluding tert-OH is 9. The number of nitrogens with one attached hydrogen (secondary N) is 2. The van der Waals surface area contributed by atoms with Crippen LogP contribution in [0.25, 0.3) is 11.1 Å². The van der Waals surface area contributed by atoms with Crippen LogP contribution in [-0.4, -0.2) is 352 Å². The topological polar surface area (TPSA) is 499 Å². The zero-order valence-corrected chi connectivity index (χ0v) is 77.8. The molecule has 1 aliphatic carbocycles. The van der Waals surface area contributed by atoms with E-state index in [0.29, 0.717) is 111 Å². The molecule has 0 amide bonds. The molecule has 0 bridgehead atoms. The first-order valence-electron chi connectivity index (χ1n) is 42.4. The summed E-state index contributed by atoms with van der Waals surface area (Å²) in [7, 11) is 0. The van der Waals surface area contributed by atoms with Gasteiger partial charge >= 0.3 is 18.1 Å². The minimum atomic E-state index is -1.31. The Morgan fingerprint density at radius 3 is 1.30 bits per heavy atom. The number of nitrogens with zero attached hydrogens (tertiary/aromatic N) is 8. The standard InChI is InChI=1S/C35H47N4O7P.C20H37N4O5P.C17H26N3O3P.C16H28N3O4P/c1-22(33(42)46-35(43)44-21-27-25-14-7-5-12-23(25)24-13-6-8-15-26(24)27)11-9-10-18-37-34-38-29(36)16-19-39(34)32-31(41)30(40)28(45-32)17-20-47(2,3)4;1-13(19(27)28)7-5-6-10-22-20-23-15(21)8-11-24(20)18-17(26)16(25)14(29-18)9-12-30(2,3)4;1-6-7-12-10-20(11(2)19-16(12)18)17-15(22)14(21)13(23-17)8-9-24(3,4)5;1-10-18-15(17)11(5-7-20)9-19(10)16-14(22)13(21)12(23-16)6-8-24(2,3)4/h5-8,12-16,19,22,27-32,40-41H,2,9-11,17-18,20-21,36H2,1,3-4H3,(H,37,38);8,11,13-18,25-26H,2,5-7,9-10,12,21H2,1,3-4H3,(H,22,23)(H,27,28);10,13-15,17,21-22H,2-3,8-9H2,1,4-5H3,(H2,18,19);9,12-14,16,20-22H,1-2,5-8H2,3-4H3,(H2,17,18)/t22?,28-,29?,30-,31-,32?;13?,14-,15?,16-,17-,18?;13-,14-,15-,17?;12-,13-,14-,16-/m1111/s1. The molecule has 2 aromatic rings. The Kier molecular flexibility index (Phi) is 38.0. The highest BCUT2D eigenvalue weighted by molar-refractivity contribution is 7.73. The predicted molar refractivity (Wildman–Crippen MR) is 504 cm³/mol. The van der Waals surface area contributed by atoms with Crippen LogP contribution in [-0.2, 0) is 38.0 Å². The van der Waals surface area contributed by atoms with Gasteiger partial charge in [0.2, 0.25) is 11.9 Å². The third-order valence-electron chi connectivity index (χ3n) is 22.4. The van der Waals surface area contributed by atoms with E-state index in [2.05, 4.69) is 146 Å². The molecule has 0 spiro atoms. The van der Waals surface area contributed by atoms with E-state index in [9.17, 15) is 55.2 Å². The Bertz CT molecular complexity index is 4560. The van der Waals surface area contributed by atoms with Crippen LogP contribution in [0.5, 0.6) is 0 Å². The largest absolute Gasteiger partial charge is 0.516 e. The third-order valence-corrected chi connectivity index (χ3v) is 28.2. The maximum Gasteiger partial charge on any atom is 0.516 e. The highest BCUT2D eigenvalue weighted by Gasteiger charge is 2.51. The summed E-state index contributed by atoms with van der Waals surface area (Å²) in [5.41, 5.74) is 29.2. The Morgan fingerprint density at radius 1 is 0.552 bits per heavy atom. The van der Waals surface area contributed by atoms with Gasteiger partial charge in [-0.05, 0) is 171 Å². The van der Waals surface area contributed by atoms with Crippen molar-refractivity contribution in [1.29, 1.82) is 0 Å². The van der Waals surface area contributed by atoms with E-state index >= 15 is 0 Å². The molecule has 7 unspecified atom stereocenters. The van der Waals surface area contributed by atoms with Crippen LogP contribution >= 0.6 is 27.5 Å². The summed E-state index contributed by atoms with van der Waals surface area (Å²) < 4.78 is 34.3. The first-order valence-corrected chi connectivity index (χ1v) is 54.6. The number of hydrogen-bond acceptors (Lipinski definition) is 28. The summed E-state index contributed by atoms with van der Waals surface area (Å²) >= 11 is 0. The van der Waals surface area contributed by atoms with Gasteiger partial charge in [0.25, 0.3) is 0 Å². The number of nitrogens with two attached hydrogens (primary N) is 4. The number of rotatable bonds is 32. The highest BCUT2D eigenvalue weighted by Crippen LogP contribution is 2.46. The van der Waals surface area contributed by atoms with E-state index < -0.39 is 162 Å². The minimum Gasteiger partial charge on any atom is -0.481 e. The Morgan fingerprint density at radius 2 is 0.920 bits per heavy atom. The van der Waals surface area contributed by atoms with Gasteiger partial charge in [-0.2, -0.15) is 0 Å². The molecule has 8 aliphatic heterocycles. The van der Waals surface area contributed by atoms with E-state index in [-0.39, 0.29) is 30.9 Å². The number of carbonyl (C=O) groups is 3. The van der Waals surface area contributed by atoms with Gasteiger partial charge in [-0.25, -0.2) is 14.8 Å². The molecule has 4 saturated heterocycles. The Hall–Kier alpha value is -7.47. The van der Waals surface area contributed by atoms with Crippen LogP contribution in [0.4, 0.5) is 4.79 Å². The molecule has 0 radical (unpaired) electrons. The minimum absolute atomic E-state index is 0.0655. The second-order valence-corrected chi connectivity index (χ2v) is 53.0. The number of aliphatic carboxylic acids is 1. The van der Waals surface area contributed by atoms with Crippen molar-refractivity contribution in [2.75, 3.05) is 104 Å². The van der Waals surface area contributed by atoms with Gasteiger partial charge in [-0.1, -0.05) is 94.3 Å². The number of carboxylic acid groups (broad SMARTS) is 1. The molecule has 2 aromatic carbocycles. The Labute approximate surface area is 737 Å². The number of hydrogen-bond donors (Lipinski definition) is 16. The SMILES string of the molecule is C=C1N=C(N)C(C#CC)=CN1C1O[C@H](CCP(=C)(C)C)[C@@H](O)[C@H]1O.C=C1N=C(N)C(CCO)=CN1[C@@H]1O[C@H](CCP(=C)(C)C)[C@@H](O)[C@H]1O.C=P(C)(C)CC[C@H]1OC(N2C=CC(N)NC2=NCCCCC(C)C(=O)O)[C@H](O)[C@@H]1O.C=P(C)(C)CC[C@H]1OC(N2C=CC(N)NC2=NCCCCC(C)C(=O)OC(=O)OCC2c3ccccc3-c3ccccc32)[C@H](O)[C@@H]1O. The van der Waals surface area contributed by atoms with Gasteiger partial charge in [0.1, 0.15) is 78.8 Å². The number of unbranched alkanes of at least 4 members (excludes halogenated alkanes) is 2. The lowest BCUT2D eigenvalue weighted by Gasteiger charge is -2.34. The van der Waals surface area contributed by atoms with E-state index in [1.54, 1.807) is 77.3 Å². The fraction of sp³-hybridized carbons (Fsp3) is 0.580. The summed E-state index contributed by atoms with van der Waals surface area (Å²) in [6, 6.07) is 16.1. The number of aliphatic imine (C=N–C) groups is 4. The maximum absolute atomic E-state index is 12.6. The van der Waals surface area contributed by atoms with Gasteiger partial charge < -0.3 is 123 Å². The number of guanidine groups is 2. The molecule has 20 N–H and O–H groups in total. The van der Waals surface area contributed by atoms with Crippen LogP contribution in [0.2, 0.25) is 0 Å². The zero-order valence-electron chi connectivity index (χ0n) is 74.2. The van der Waals surface area contributed by atoms with Crippen LogP contribution in [0.15, 0.2) is 141 Å². The number of aliphatic hydroxyl groups is 9. The van der Waals surface area contributed by atoms with Crippen molar-refractivity contribution < 1.29 is 93.9 Å². The average molecular weight is 1820 g/mol. The zero-order chi connectivity index (χ0) is 92.3. The number of carboxylic acids is 1. The fourth-order valence-electron chi connectivity index (χ4n) is 15.1. The second kappa shape index (κ2) is 46.2. The van der Waals surface area contributed by atoms with Gasteiger partial charge in [0.15, 0.2) is 24.9 Å². The van der Waals surface area contributed by atoms with Gasteiger partial charge in [0.05, 0.1) is 54.2 Å². The first-order chi connectivity index (χ1) is 58.7. The monoisotopic (exact) mass is 1820 g/mol. The quantitative estimate of drug-likeness (QED) is 0.0152. The van der Waals surface area contributed by atoms with E-state index in [1.807, 2.05) is 36.4 Å². The van der Waals surface area contributed by atoms with Crippen molar-refractivity contribution in [2.24, 2.45) is 54.7 Å². The molecule has 8 heterocycles. The highest BCUT2D eigenvalue weighted by atomic mass is 31.2. The average Bonchev–Trinajstić information content (AvgIpc) is 1.65. The van der Waals surface area contributed by atoms with Crippen LogP contribution < -0.4 is 33.6 Å². The molecule has 33 nitrogen and oxygen atoms in total. The van der Waals surface area contributed by atoms with Gasteiger partial charge in [-0.15, -0.1) is 58.7 Å². The first kappa shape index (κ1) is 103. The number of ether oxygens (including phenoxy) is 6. The van der Waals surface area contributed by atoms with E-state index in [0.717, 1.165) is 59.7 Å². The predicted octanol–water partition coefficient (Wildman–Crippen LogP) is 4.90.